The topological polar surface area (TPSA) is 38.9 Å². The van der Waals surface area contributed by atoms with Crippen LogP contribution in [0, 0.1) is 6.85 Å². The summed E-state index contributed by atoms with van der Waals surface area (Å²) in [6.07, 6.45) is 1.67. The van der Waals surface area contributed by atoms with E-state index >= 15 is 0 Å². The molecule has 6 rings (SSSR count). The van der Waals surface area contributed by atoms with Crippen LogP contribution in [-0.2, 0) is 5.41 Å². The van der Waals surface area contributed by atoms with Crippen molar-refractivity contribution in [2.45, 2.75) is 72.5 Å². The lowest BCUT2D eigenvalue weighted by molar-refractivity contribution is 0.583. The van der Waals surface area contributed by atoms with Crippen molar-refractivity contribution in [3.05, 3.63) is 107 Å². The van der Waals surface area contributed by atoms with Crippen LogP contribution >= 0.6 is 0 Å². The summed E-state index contributed by atoms with van der Waals surface area (Å²) in [5.41, 5.74) is 7.67. The maximum atomic E-state index is 9.15. The monoisotopic (exact) mass is 557 g/mol. The smallest absolute Gasteiger partial charge is 0.227 e. The summed E-state index contributed by atoms with van der Waals surface area (Å²) < 4.78 is 49.5. The number of fused-ring (bicyclic) bond motifs is 3. The van der Waals surface area contributed by atoms with Gasteiger partial charge in [-0.2, -0.15) is 0 Å². The van der Waals surface area contributed by atoms with Gasteiger partial charge in [-0.3, -0.25) is 4.98 Å². The van der Waals surface area contributed by atoms with Gasteiger partial charge in [-0.25, -0.2) is 4.98 Å². The van der Waals surface area contributed by atoms with Crippen LogP contribution in [0.5, 0.6) is 0 Å². The summed E-state index contributed by atoms with van der Waals surface area (Å²) in [4.78, 5) is 9.74. The fourth-order valence-corrected chi connectivity index (χ4v) is 5.72. The number of aryl methyl sites for hydroxylation is 1. The minimum Gasteiger partial charge on any atom is -0.437 e. The average Bonchev–Trinajstić information content (AvgIpc) is 3.37. The normalized spacial score (nSPS) is 14.8. The predicted molar refractivity (Wildman–Crippen MR) is 177 cm³/mol. The van der Waals surface area contributed by atoms with Gasteiger partial charge < -0.3 is 4.42 Å². The second kappa shape index (κ2) is 10.5. The van der Waals surface area contributed by atoms with Gasteiger partial charge in [0, 0.05) is 34.9 Å². The van der Waals surface area contributed by atoms with Crippen molar-refractivity contribution < 1.29 is 11.3 Å². The minimum atomic E-state index is -2.30. The molecule has 0 aliphatic carbocycles. The maximum absolute atomic E-state index is 9.15. The maximum Gasteiger partial charge on any atom is 0.227 e. The molecule has 0 aliphatic heterocycles. The molecule has 3 aromatic heterocycles. The number of nitrogens with zero attached hydrogens (tertiary/aromatic N) is 2. The second-order valence-electron chi connectivity index (χ2n) is 12.5. The summed E-state index contributed by atoms with van der Waals surface area (Å²) in [6, 6.07) is 25.5. The highest BCUT2D eigenvalue weighted by molar-refractivity contribution is 6.08. The number of pyridine rings is 2. The molecule has 0 N–H and O–H groups in total. The van der Waals surface area contributed by atoms with E-state index in [9.17, 15) is 0 Å². The molecule has 0 radical (unpaired) electrons. The molecule has 0 spiro atoms. The lowest BCUT2D eigenvalue weighted by Gasteiger charge is -2.21. The third-order valence-corrected chi connectivity index (χ3v) is 7.93. The molecule has 0 amide bonds. The van der Waals surface area contributed by atoms with Crippen molar-refractivity contribution in [2.75, 3.05) is 0 Å². The molecule has 212 valence electrons. The van der Waals surface area contributed by atoms with Crippen molar-refractivity contribution in [1.82, 2.24) is 9.97 Å². The SMILES string of the molecule is [2H]C([2H])([2H])c1cc(-c2cccc3c2oc2nc(-c4c(C([2H])(C)C)cc(-c5ccccc5)cc4C([2H])(C)C)ccc23)ncc1C(C)(C)C. The molecular weight excluding hydrogens is 512 g/mol. The van der Waals surface area contributed by atoms with Crippen LogP contribution in [0.25, 0.3) is 55.7 Å². The highest BCUT2D eigenvalue weighted by Gasteiger charge is 2.22. The van der Waals surface area contributed by atoms with E-state index in [4.69, 9.17) is 21.2 Å². The zero-order chi connectivity index (χ0) is 34.1. The van der Waals surface area contributed by atoms with Gasteiger partial charge in [0.05, 0.1) is 11.4 Å². The van der Waals surface area contributed by atoms with Gasteiger partial charge in [-0.05, 0) is 81.7 Å². The number of aromatic nitrogens is 2. The summed E-state index contributed by atoms with van der Waals surface area (Å²) in [5.74, 6) is -1.97. The Morgan fingerprint density at radius 1 is 0.762 bits per heavy atom. The van der Waals surface area contributed by atoms with Gasteiger partial charge >= 0.3 is 0 Å². The lowest BCUT2D eigenvalue weighted by atomic mass is 9.84. The van der Waals surface area contributed by atoms with E-state index in [2.05, 4.69) is 0 Å². The molecule has 3 nitrogen and oxygen atoms in total. The molecular formula is C39H40N2O. The molecule has 3 heteroatoms. The average molecular weight is 558 g/mol. The second-order valence-corrected chi connectivity index (χ2v) is 12.5. The molecule has 0 saturated heterocycles. The molecule has 6 aromatic rings. The van der Waals surface area contributed by atoms with Crippen molar-refractivity contribution in [1.29, 1.82) is 0 Å². The van der Waals surface area contributed by atoms with Crippen LogP contribution in [0.1, 0.15) is 89.4 Å². The van der Waals surface area contributed by atoms with Gasteiger partial charge in [0.15, 0.2) is 0 Å². The van der Waals surface area contributed by atoms with Crippen LogP contribution in [0.3, 0.4) is 0 Å². The van der Waals surface area contributed by atoms with Crippen molar-refractivity contribution >= 4 is 22.1 Å². The first-order valence-electron chi connectivity index (χ1n) is 16.9. The molecule has 0 aliphatic rings. The Morgan fingerprint density at radius 2 is 1.48 bits per heavy atom. The zero-order valence-electron chi connectivity index (χ0n) is 30.4. The minimum absolute atomic E-state index is 0.276. The number of hydrogen-bond acceptors (Lipinski definition) is 3. The van der Waals surface area contributed by atoms with E-state index in [0.717, 1.165) is 38.6 Å². The fraction of sp³-hybridized carbons (Fsp3) is 0.282. The van der Waals surface area contributed by atoms with Crippen LogP contribution in [0.15, 0.2) is 89.5 Å². The van der Waals surface area contributed by atoms with E-state index in [-0.39, 0.29) is 11.0 Å². The van der Waals surface area contributed by atoms with Crippen LogP contribution in [0.2, 0.25) is 0 Å². The standard InChI is InChI=1S/C39H40N2O/c1-23(2)31-20-27(26-13-10-9-11-14-26)21-32(24(3)4)36(31)34-18-17-29-28-15-12-16-30(37(28)42-38(29)41-34)35-19-25(5)33(22-40-35)39(6,7)8/h9-24H,1-8H3/i5D3,23D,24D. The Hall–Kier alpha value is -4.24. The number of hydrogen-bond donors (Lipinski definition) is 0. The van der Waals surface area contributed by atoms with Crippen LogP contribution < -0.4 is 0 Å². The van der Waals surface area contributed by atoms with E-state index in [0.29, 0.717) is 33.8 Å². The first-order chi connectivity index (χ1) is 21.8. The first-order valence-corrected chi connectivity index (χ1v) is 14.4. The Morgan fingerprint density at radius 3 is 2.12 bits per heavy atom. The zero-order valence-corrected chi connectivity index (χ0v) is 25.4. The van der Waals surface area contributed by atoms with Crippen molar-refractivity contribution in [3.63, 3.8) is 0 Å². The highest BCUT2D eigenvalue weighted by Crippen LogP contribution is 2.41. The van der Waals surface area contributed by atoms with Gasteiger partial charge in [0.1, 0.15) is 5.58 Å². The molecule has 0 atom stereocenters. The molecule has 0 bridgehead atoms. The van der Waals surface area contributed by atoms with E-state index < -0.39 is 18.6 Å². The quantitative estimate of drug-likeness (QED) is 0.212. The fourth-order valence-electron chi connectivity index (χ4n) is 5.72. The number of rotatable bonds is 5. The summed E-state index contributed by atoms with van der Waals surface area (Å²) in [6.45, 7) is 11.1. The third-order valence-electron chi connectivity index (χ3n) is 7.93. The van der Waals surface area contributed by atoms with Gasteiger partial charge in [0.25, 0.3) is 0 Å². The van der Waals surface area contributed by atoms with Gasteiger partial charge in [-0.15, -0.1) is 0 Å². The number of para-hydroxylation sites is 1. The first kappa shape index (κ1) is 22.4. The van der Waals surface area contributed by atoms with Gasteiger partial charge in [-0.1, -0.05) is 103 Å². The summed E-state index contributed by atoms with van der Waals surface area (Å²) >= 11 is 0. The number of furan rings is 1. The summed E-state index contributed by atoms with van der Waals surface area (Å²) in [7, 11) is 0. The molecule has 0 saturated carbocycles. The van der Waals surface area contributed by atoms with E-state index in [1.165, 1.54) is 0 Å². The molecule has 0 fully saturated rings. The largest absolute Gasteiger partial charge is 0.437 e. The van der Waals surface area contributed by atoms with Gasteiger partial charge in [0.2, 0.25) is 5.71 Å². The summed E-state index contributed by atoms with van der Waals surface area (Å²) in [5, 5.41) is 1.66. The van der Waals surface area contributed by atoms with E-state index in [1.54, 1.807) is 12.3 Å². The van der Waals surface area contributed by atoms with Crippen molar-refractivity contribution in [2.24, 2.45) is 0 Å². The molecule has 3 aromatic carbocycles. The predicted octanol–water partition coefficient (Wildman–Crippen LogP) is 11.2. The lowest BCUT2D eigenvalue weighted by Crippen LogP contribution is -2.13. The molecule has 42 heavy (non-hydrogen) atoms. The number of benzene rings is 3. The Labute approximate surface area is 256 Å². The van der Waals surface area contributed by atoms with Crippen LogP contribution in [0.4, 0.5) is 0 Å². The highest BCUT2D eigenvalue weighted by atomic mass is 16.3. The Balaban J connectivity index is 1.58. The van der Waals surface area contributed by atoms with Crippen LogP contribution in [-0.4, -0.2) is 9.97 Å². The Kier molecular flexibility index (Phi) is 5.62. The molecule has 0 unspecified atom stereocenters. The van der Waals surface area contributed by atoms with Crippen molar-refractivity contribution in [3.8, 4) is 33.6 Å². The Bertz CT molecular complexity index is 2090. The molecule has 3 heterocycles. The third kappa shape index (κ3) is 4.91. The van der Waals surface area contributed by atoms with E-state index in [1.807, 2.05) is 121 Å².